The predicted molar refractivity (Wildman–Crippen MR) is 67.1 cm³/mol. The Kier molecular flexibility index (Phi) is 3.55. The topological polar surface area (TPSA) is 20.2 Å². The van der Waals surface area contributed by atoms with E-state index >= 15 is 0 Å². The van der Waals surface area contributed by atoms with Gasteiger partial charge in [0.05, 0.1) is 6.10 Å². The first-order valence-electron chi connectivity index (χ1n) is 5.76. The Morgan fingerprint density at radius 2 is 1.76 bits per heavy atom. The van der Waals surface area contributed by atoms with E-state index in [0.29, 0.717) is 12.0 Å². The number of benzene rings is 2. The van der Waals surface area contributed by atoms with Crippen LogP contribution in [0.1, 0.15) is 25.0 Å². The quantitative estimate of drug-likeness (QED) is 0.846. The van der Waals surface area contributed by atoms with Gasteiger partial charge in [-0.1, -0.05) is 49.4 Å². The maximum absolute atomic E-state index is 13.8. The van der Waals surface area contributed by atoms with E-state index in [-0.39, 0.29) is 5.82 Å². The Morgan fingerprint density at radius 3 is 2.41 bits per heavy atom. The van der Waals surface area contributed by atoms with Crippen molar-refractivity contribution in [3.05, 3.63) is 59.9 Å². The minimum Gasteiger partial charge on any atom is -0.388 e. The lowest BCUT2D eigenvalue weighted by atomic mass is 9.95. The van der Waals surface area contributed by atoms with Crippen molar-refractivity contribution < 1.29 is 9.50 Å². The lowest BCUT2D eigenvalue weighted by Gasteiger charge is -2.15. The summed E-state index contributed by atoms with van der Waals surface area (Å²) in [6.45, 7) is 1.84. The van der Waals surface area contributed by atoms with Crippen molar-refractivity contribution in [1.82, 2.24) is 0 Å². The third kappa shape index (κ3) is 2.37. The van der Waals surface area contributed by atoms with Crippen molar-refractivity contribution in [2.24, 2.45) is 0 Å². The van der Waals surface area contributed by atoms with Gasteiger partial charge in [-0.25, -0.2) is 4.39 Å². The van der Waals surface area contributed by atoms with Crippen LogP contribution in [0.5, 0.6) is 0 Å². The van der Waals surface area contributed by atoms with Gasteiger partial charge in [-0.3, -0.25) is 0 Å². The van der Waals surface area contributed by atoms with E-state index < -0.39 is 6.10 Å². The van der Waals surface area contributed by atoms with Crippen LogP contribution < -0.4 is 0 Å². The van der Waals surface area contributed by atoms with Crippen LogP contribution in [-0.4, -0.2) is 5.11 Å². The van der Waals surface area contributed by atoms with Crippen molar-refractivity contribution in [2.45, 2.75) is 19.4 Å². The van der Waals surface area contributed by atoms with Gasteiger partial charge < -0.3 is 5.11 Å². The summed E-state index contributed by atoms with van der Waals surface area (Å²) in [5.41, 5.74) is 2.08. The molecule has 1 atom stereocenters. The Hall–Kier alpha value is -1.67. The van der Waals surface area contributed by atoms with Crippen LogP contribution >= 0.6 is 0 Å². The second kappa shape index (κ2) is 5.11. The van der Waals surface area contributed by atoms with Crippen LogP contribution in [0.2, 0.25) is 0 Å². The summed E-state index contributed by atoms with van der Waals surface area (Å²) < 4.78 is 13.8. The molecule has 0 saturated carbocycles. The summed E-state index contributed by atoms with van der Waals surface area (Å²) in [7, 11) is 0. The molecule has 2 aromatic rings. The number of rotatable bonds is 3. The molecule has 2 rings (SSSR count). The number of aliphatic hydroxyl groups is 1. The SMILES string of the molecule is CCC(O)c1c(F)cccc1-c1ccccc1. The fourth-order valence-electron chi connectivity index (χ4n) is 1.95. The lowest BCUT2D eigenvalue weighted by molar-refractivity contribution is 0.169. The zero-order valence-electron chi connectivity index (χ0n) is 9.73. The number of aliphatic hydroxyl groups excluding tert-OH is 1. The van der Waals surface area contributed by atoms with Crippen LogP contribution in [0, 0.1) is 5.82 Å². The number of halogens is 1. The molecule has 1 unspecified atom stereocenters. The molecule has 88 valence electrons. The van der Waals surface area contributed by atoms with E-state index in [2.05, 4.69) is 0 Å². The highest BCUT2D eigenvalue weighted by Gasteiger charge is 2.16. The Morgan fingerprint density at radius 1 is 1.06 bits per heavy atom. The Bertz CT molecular complexity index is 494. The molecule has 0 aliphatic carbocycles. The molecule has 17 heavy (non-hydrogen) atoms. The van der Waals surface area contributed by atoms with Crippen molar-refractivity contribution in [1.29, 1.82) is 0 Å². The van der Waals surface area contributed by atoms with Gasteiger partial charge in [-0.05, 0) is 23.6 Å². The predicted octanol–water partition coefficient (Wildman–Crippen LogP) is 3.94. The van der Waals surface area contributed by atoms with Crippen molar-refractivity contribution in [3.63, 3.8) is 0 Å². The van der Waals surface area contributed by atoms with Crippen molar-refractivity contribution in [3.8, 4) is 11.1 Å². The minimum atomic E-state index is -0.758. The van der Waals surface area contributed by atoms with Gasteiger partial charge in [0.25, 0.3) is 0 Å². The van der Waals surface area contributed by atoms with Gasteiger partial charge in [-0.15, -0.1) is 0 Å². The average Bonchev–Trinajstić information content (AvgIpc) is 2.38. The van der Waals surface area contributed by atoms with Gasteiger partial charge in [0.15, 0.2) is 0 Å². The number of hydrogen-bond acceptors (Lipinski definition) is 1. The maximum Gasteiger partial charge on any atom is 0.129 e. The minimum absolute atomic E-state index is 0.347. The summed E-state index contributed by atoms with van der Waals surface area (Å²) in [6, 6.07) is 14.5. The summed E-state index contributed by atoms with van der Waals surface area (Å²) >= 11 is 0. The molecule has 0 aliphatic rings. The van der Waals surface area contributed by atoms with E-state index in [9.17, 15) is 9.50 Å². The van der Waals surface area contributed by atoms with E-state index in [0.717, 1.165) is 11.1 Å². The van der Waals surface area contributed by atoms with Gasteiger partial charge >= 0.3 is 0 Å². The van der Waals surface area contributed by atoms with Gasteiger partial charge in [-0.2, -0.15) is 0 Å². The molecular weight excluding hydrogens is 215 g/mol. The fourth-order valence-corrected chi connectivity index (χ4v) is 1.95. The Balaban J connectivity index is 2.58. The van der Waals surface area contributed by atoms with E-state index in [1.807, 2.05) is 43.3 Å². The maximum atomic E-state index is 13.8. The third-order valence-corrected chi connectivity index (χ3v) is 2.86. The van der Waals surface area contributed by atoms with E-state index in [1.165, 1.54) is 6.07 Å². The van der Waals surface area contributed by atoms with E-state index in [1.54, 1.807) is 6.07 Å². The summed E-state index contributed by atoms with van der Waals surface area (Å²) in [5.74, 6) is -0.347. The molecule has 0 aliphatic heterocycles. The third-order valence-electron chi connectivity index (χ3n) is 2.86. The van der Waals surface area contributed by atoms with Crippen molar-refractivity contribution >= 4 is 0 Å². The summed E-state index contributed by atoms with van der Waals surface area (Å²) in [4.78, 5) is 0. The molecule has 0 radical (unpaired) electrons. The summed E-state index contributed by atoms with van der Waals surface area (Å²) in [6.07, 6.45) is -0.257. The monoisotopic (exact) mass is 230 g/mol. The van der Waals surface area contributed by atoms with Gasteiger partial charge in [0.1, 0.15) is 5.82 Å². The molecule has 0 spiro atoms. The van der Waals surface area contributed by atoms with Crippen LogP contribution in [0.4, 0.5) is 4.39 Å². The highest BCUT2D eigenvalue weighted by atomic mass is 19.1. The fraction of sp³-hybridized carbons (Fsp3) is 0.200. The first-order valence-corrected chi connectivity index (χ1v) is 5.76. The van der Waals surface area contributed by atoms with Gasteiger partial charge in [0.2, 0.25) is 0 Å². The molecule has 0 aromatic heterocycles. The molecule has 2 heteroatoms. The van der Waals surface area contributed by atoms with Crippen molar-refractivity contribution in [2.75, 3.05) is 0 Å². The molecule has 0 bridgehead atoms. The second-order valence-electron chi connectivity index (χ2n) is 3.99. The van der Waals surface area contributed by atoms with Crippen LogP contribution in [0.25, 0.3) is 11.1 Å². The molecule has 1 N–H and O–H groups in total. The molecular formula is C15H15FO. The van der Waals surface area contributed by atoms with Crippen LogP contribution in [-0.2, 0) is 0 Å². The molecule has 0 fully saturated rings. The first kappa shape index (κ1) is 11.8. The molecule has 0 heterocycles. The zero-order chi connectivity index (χ0) is 12.3. The van der Waals surface area contributed by atoms with Crippen LogP contribution in [0.3, 0.4) is 0 Å². The van der Waals surface area contributed by atoms with Crippen LogP contribution in [0.15, 0.2) is 48.5 Å². The Labute approximate surface area is 101 Å². The standard InChI is InChI=1S/C15H15FO/c1-2-14(17)15-12(9-6-10-13(15)16)11-7-4-3-5-8-11/h3-10,14,17H,2H2,1H3. The molecule has 2 aromatic carbocycles. The summed E-state index contributed by atoms with van der Waals surface area (Å²) in [5, 5.41) is 9.91. The first-order chi connectivity index (χ1) is 8.24. The highest BCUT2D eigenvalue weighted by Crippen LogP contribution is 2.31. The smallest absolute Gasteiger partial charge is 0.129 e. The second-order valence-corrected chi connectivity index (χ2v) is 3.99. The normalized spacial score (nSPS) is 12.4. The average molecular weight is 230 g/mol. The zero-order valence-corrected chi connectivity index (χ0v) is 9.73. The largest absolute Gasteiger partial charge is 0.388 e. The van der Waals surface area contributed by atoms with Gasteiger partial charge in [0, 0.05) is 5.56 Å². The molecule has 0 amide bonds. The molecule has 1 nitrogen and oxygen atoms in total. The van der Waals surface area contributed by atoms with E-state index in [4.69, 9.17) is 0 Å². The molecule has 0 saturated heterocycles. The number of hydrogen-bond donors (Lipinski definition) is 1. The lowest BCUT2D eigenvalue weighted by Crippen LogP contribution is -2.02. The highest BCUT2D eigenvalue weighted by molar-refractivity contribution is 5.67.